The van der Waals surface area contributed by atoms with Crippen LogP contribution in [-0.4, -0.2) is 15.8 Å². The van der Waals surface area contributed by atoms with E-state index in [-0.39, 0.29) is 11.7 Å². The van der Waals surface area contributed by atoms with Crippen molar-refractivity contribution < 1.29 is 4.79 Å². The van der Waals surface area contributed by atoms with Gasteiger partial charge < -0.3 is 10.6 Å². The zero-order chi connectivity index (χ0) is 20.4. The minimum Gasteiger partial charge on any atom is -0.339 e. The number of nitrogens with zero attached hydrogens (tertiary/aromatic N) is 2. The van der Waals surface area contributed by atoms with Gasteiger partial charge in [-0.2, -0.15) is 4.98 Å². The molecule has 29 heavy (non-hydrogen) atoms. The highest BCUT2D eigenvalue weighted by Crippen LogP contribution is 2.32. The monoisotopic (exact) mass is 386 g/mol. The Hall–Kier alpha value is -3.21. The molecule has 3 aromatic rings. The van der Waals surface area contributed by atoms with Crippen LogP contribution in [0, 0.1) is 12.8 Å². The van der Waals surface area contributed by atoms with Crippen molar-refractivity contribution >= 4 is 28.9 Å². The van der Waals surface area contributed by atoms with Gasteiger partial charge in [-0.3, -0.25) is 4.79 Å². The summed E-state index contributed by atoms with van der Waals surface area (Å²) in [7, 11) is 0. The lowest BCUT2D eigenvalue weighted by Crippen LogP contribution is -2.22. The van der Waals surface area contributed by atoms with Crippen molar-refractivity contribution in [2.45, 2.75) is 40.0 Å². The van der Waals surface area contributed by atoms with Gasteiger partial charge >= 0.3 is 0 Å². The Morgan fingerprint density at radius 2 is 1.86 bits per heavy atom. The lowest BCUT2D eigenvalue weighted by molar-refractivity contribution is 0.0953. The van der Waals surface area contributed by atoms with Gasteiger partial charge in [0.15, 0.2) is 5.78 Å². The summed E-state index contributed by atoms with van der Waals surface area (Å²) in [5.74, 6) is 1.49. The molecule has 0 amide bonds. The van der Waals surface area contributed by atoms with Crippen LogP contribution in [0.15, 0.2) is 48.5 Å². The first-order chi connectivity index (χ1) is 14.0. The molecule has 0 spiro atoms. The van der Waals surface area contributed by atoms with E-state index in [4.69, 9.17) is 9.97 Å². The fraction of sp³-hybridized carbons (Fsp3) is 0.292. The van der Waals surface area contributed by atoms with Crippen molar-refractivity contribution in [1.82, 2.24) is 9.97 Å². The van der Waals surface area contributed by atoms with Crippen LogP contribution in [0.1, 0.15) is 47.4 Å². The average Bonchev–Trinajstić information content (AvgIpc) is 2.67. The molecule has 1 atom stereocenters. The van der Waals surface area contributed by atoms with Crippen LogP contribution in [0.4, 0.5) is 23.1 Å². The van der Waals surface area contributed by atoms with Gasteiger partial charge in [0.25, 0.3) is 0 Å². The maximum absolute atomic E-state index is 12.8. The standard InChI is InChI=1S/C24H26N4O/c1-4-17-9-5-6-11-19(17)26-23-22-20(13-16(3)14-21(22)29)27-24(28-23)25-18-10-7-8-15(2)12-18/h5-12,16H,4,13-14H2,1-3H3,(H2,25,26,27,28). The van der Waals surface area contributed by atoms with Crippen LogP contribution >= 0.6 is 0 Å². The van der Waals surface area contributed by atoms with Crippen molar-refractivity contribution in [2.24, 2.45) is 5.92 Å². The predicted molar refractivity (Wildman–Crippen MR) is 117 cm³/mol. The van der Waals surface area contributed by atoms with Crippen LogP contribution in [-0.2, 0) is 12.8 Å². The number of para-hydroxylation sites is 1. The number of fused-ring (bicyclic) bond motifs is 1. The molecule has 1 aliphatic rings. The van der Waals surface area contributed by atoms with E-state index in [0.717, 1.165) is 35.5 Å². The second kappa shape index (κ2) is 8.03. The van der Waals surface area contributed by atoms with Crippen molar-refractivity contribution in [3.8, 4) is 0 Å². The first kappa shape index (κ1) is 19.1. The number of carbonyl (C=O) groups excluding carboxylic acids is 1. The van der Waals surface area contributed by atoms with Crippen LogP contribution in [0.3, 0.4) is 0 Å². The molecule has 2 aromatic carbocycles. The highest BCUT2D eigenvalue weighted by Gasteiger charge is 2.28. The van der Waals surface area contributed by atoms with E-state index < -0.39 is 0 Å². The Morgan fingerprint density at radius 1 is 1.03 bits per heavy atom. The van der Waals surface area contributed by atoms with Gasteiger partial charge in [0.05, 0.1) is 11.3 Å². The minimum absolute atomic E-state index is 0.109. The number of aromatic nitrogens is 2. The summed E-state index contributed by atoms with van der Waals surface area (Å²) >= 11 is 0. The van der Waals surface area contributed by atoms with Gasteiger partial charge in [0.2, 0.25) is 5.95 Å². The Kier molecular flexibility index (Phi) is 5.30. The molecule has 148 valence electrons. The second-order valence-electron chi connectivity index (χ2n) is 7.78. The molecule has 2 N–H and O–H groups in total. The predicted octanol–water partition coefficient (Wildman–Crippen LogP) is 5.60. The molecule has 0 saturated heterocycles. The molecule has 1 aromatic heterocycles. The van der Waals surface area contributed by atoms with Gasteiger partial charge in [-0.1, -0.05) is 44.2 Å². The lowest BCUT2D eigenvalue weighted by atomic mass is 9.87. The van der Waals surface area contributed by atoms with E-state index in [1.807, 2.05) is 43.3 Å². The zero-order valence-electron chi connectivity index (χ0n) is 17.1. The minimum atomic E-state index is 0.109. The first-order valence-electron chi connectivity index (χ1n) is 10.2. The maximum Gasteiger partial charge on any atom is 0.229 e. The van der Waals surface area contributed by atoms with Crippen LogP contribution in [0.2, 0.25) is 0 Å². The number of aryl methyl sites for hydroxylation is 2. The summed E-state index contributed by atoms with van der Waals surface area (Å²) in [6.07, 6.45) is 2.21. The summed E-state index contributed by atoms with van der Waals surface area (Å²) < 4.78 is 0. The number of anilines is 4. The molecule has 0 aliphatic heterocycles. The molecule has 0 fully saturated rings. The Morgan fingerprint density at radius 3 is 2.66 bits per heavy atom. The molecule has 1 aliphatic carbocycles. The highest BCUT2D eigenvalue weighted by atomic mass is 16.1. The second-order valence-corrected chi connectivity index (χ2v) is 7.78. The van der Waals surface area contributed by atoms with Crippen molar-refractivity contribution in [3.05, 3.63) is 70.9 Å². The van der Waals surface area contributed by atoms with E-state index in [1.54, 1.807) is 0 Å². The Bertz CT molecular complexity index is 1060. The van der Waals surface area contributed by atoms with Crippen LogP contribution < -0.4 is 10.6 Å². The zero-order valence-corrected chi connectivity index (χ0v) is 17.1. The van der Waals surface area contributed by atoms with E-state index in [0.29, 0.717) is 23.8 Å². The summed E-state index contributed by atoms with van der Waals surface area (Å²) in [5.41, 5.74) is 5.69. The van der Waals surface area contributed by atoms with Gasteiger partial charge in [-0.15, -0.1) is 0 Å². The summed E-state index contributed by atoms with van der Waals surface area (Å²) in [6, 6.07) is 16.2. The first-order valence-corrected chi connectivity index (χ1v) is 10.2. The van der Waals surface area contributed by atoms with Crippen molar-refractivity contribution in [2.75, 3.05) is 10.6 Å². The van der Waals surface area contributed by atoms with Crippen molar-refractivity contribution in [1.29, 1.82) is 0 Å². The molecule has 4 rings (SSSR count). The largest absolute Gasteiger partial charge is 0.339 e. The number of benzene rings is 2. The summed E-state index contributed by atoms with van der Waals surface area (Å²) in [4.78, 5) is 22.2. The quantitative estimate of drug-likeness (QED) is 0.597. The lowest BCUT2D eigenvalue weighted by Gasteiger charge is -2.23. The molecular formula is C24H26N4O. The fourth-order valence-corrected chi connectivity index (χ4v) is 3.85. The third kappa shape index (κ3) is 4.14. The van der Waals surface area contributed by atoms with E-state index >= 15 is 0 Å². The van der Waals surface area contributed by atoms with Crippen LogP contribution in [0.5, 0.6) is 0 Å². The molecular weight excluding hydrogens is 360 g/mol. The smallest absolute Gasteiger partial charge is 0.229 e. The average molecular weight is 386 g/mol. The van der Waals surface area contributed by atoms with E-state index in [2.05, 4.69) is 36.6 Å². The molecule has 1 heterocycles. The maximum atomic E-state index is 12.8. The number of carbonyl (C=O) groups is 1. The molecule has 0 saturated carbocycles. The van der Waals surface area contributed by atoms with Gasteiger partial charge in [-0.05, 0) is 55.0 Å². The topological polar surface area (TPSA) is 66.9 Å². The molecule has 5 nitrogen and oxygen atoms in total. The number of hydrogen-bond donors (Lipinski definition) is 2. The number of nitrogens with one attached hydrogen (secondary N) is 2. The molecule has 0 bridgehead atoms. The summed E-state index contributed by atoms with van der Waals surface area (Å²) in [5, 5.41) is 6.73. The Labute approximate surface area is 171 Å². The van der Waals surface area contributed by atoms with Gasteiger partial charge in [-0.25, -0.2) is 4.98 Å². The third-order valence-electron chi connectivity index (χ3n) is 5.26. The molecule has 5 heteroatoms. The number of hydrogen-bond acceptors (Lipinski definition) is 5. The molecule has 1 unspecified atom stereocenters. The normalized spacial score (nSPS) is 15.7. The van der Waals surface area contributed by atoms with Gasteiger partial charge in [0, 0.05) is 17.8 Å². The number of rotatable bonds is 5. The fourth-order valence-electron chi connectivity index (χ4n) is 3.85. The van der Waals surface area contributed by atoms with E-state index in [9.17, 15) is 4.79 Å². The summed E-state index contributed by atoms with van der Waals surface area (Å²) in [6.45, 7) is 6.26. The van der Waals surface area contributed by atoms with Crippen LogP contribution in [0.25, 0.3) is 0 Å². The Balaban J connectivity index is 1.77. The third-order valence-corrected chi connectivity index (χ3v) is 5.26. The SMILES string of the molecule is CCc1ccccc1Nc1nc(Nc2cccc(C)c2)nc2c1C(=O)CC(C)C2. The number of ketones is 1. The number of Topliss-reactive ketones (excluding diaryl/α,β-unsaturated/α-hetero) is 1. The van der Waals surface area contributed by atoms with Crippen molar-refractivity contribution in [3.63, 3.8) is 0 Å². The van der Waals surface area contributed by atoms with Gasteiger partial charge in [0.1, 0.15) is 5.82 Å². The van der Waals surface area contributed by atoms with E-state index in [1.165, 1.54) is 5.56 Å². The highest BCUT2D eigenvalue weighted by molar-refractivity contribution is 6.03. The molecule has 0 radical (unpaired) electrons.